The normalized spacial score (nSPS) is 18.8. The summed E-state index contributed by atoms with van der Waals surface area (Å²) in [5, 5.41) is 2.47. The first-order chi connectivity index (χ1) is 8.28. The molecule has 2 aromatic carbocycles. The van der Waals surface area contributed by atoms with Crippen LogP contribution in [0, 0.1) is 6.92 Å². The van der Waals surface area contributed by atoms with Gasteiger partial charge in [0.2, 0.25) is 0 Å². The zero-order valence-electron chi connectivity index (χ0n) is 10.1. The van der Waals surface area contributed by atoms with E-state index in [0.29, 0.717) is 6.54 Å². The summed E-state index contributed by atoms with van der Waals surface area (Å²) in [7, 11) is 0. The molecule has 1 heterocycles. The van der Waals surface area contributed by atoms with Crippen molar-refractivity contribution in [1.82, 2.24) is 0 Å². The summed E-state index contributed by atoms with van der Waals surface area (Å²) < 4.78 is 6.01. The molecule has 2 N–H and O–H groups in total. The van der Waals surface area contributed by atoms with E-state index in [0.717, 1.165) is 18.6 Å². The number of nitrogens with two attached hydrogens (primary N) is 1. The second kappa shape index (κ2) is 4.04. The summed E-state index contributed by atoms with van der Waals surface area (Å²) in [6.07, 6.45) is 2.27. The van der Waals surface area contributed by atoms with Gasteiger partial charge >= 0.3 is 0 Å². The molecule has 1 aliphatic rings. The number of fused-ring (bicyclic) bond motifs is 3. The van der Waals surface area contributed by atoms with Crippen LogP contribution in [0.2, 0.25) is 0 Å². The summed E-state index contributed by atoms with van der Waals surface area (Å²) in [5.41, 5.74) is 8.30. The standard InChI is InChI=1S/C15H17NO/c1-10-2-7-14-12(8-10)4-3-11-5-6-13(9-16)17-15(11)14/h2-4,7-8,13H,5-6,9,16H2,1H3. The lowest BCUT2D eigenvalue weighted by Gasteiger charge is -2.26. The quantitative estimate of drug-likeness (QED) is 0.813. The van der Waals surface area contributed by atoms with Gasteiger partial charge in [-0.3, -0.25) is 0 Å². The monoisotopic (exact) mass is 227 g/mol. The van der Waals surface area contributed by atoms with Crippen LogP contribution >= 0.6 is 0 Å². The van der Waals surface area contributed by atoms with Crippen molar-refractivity contribution in [3.8, 4) is 5.75 Å². The highest BCUT2D eigenvalue weighted by Gasteiger charge is 2.20. The summed E-state index contributed by atoms with van der Waals surface area (Å²) in [6, 6.07) is 10.9. The summed E-state index contributed by atoms with van der Waals surface area (Å²) in [6.45, 7) is 2.71. The predicted molar refractivity (Wildman–Crippen MR) is 70.5 cm³/mol. The third kappa shape index (κ3) is 1.79. The van der Waals surface area contributed by atoms with Crippen molar-refractivity contribution < 1.29 is 4.74 Å². The van der Waals surface area contributed by atoms with E-state index in [1.807, 2.05) is 0 Å². The Morgan fingerprint density at radius 2 is 2.18 bits per heavy atom. The molecule has 0 bridgehead atoms. The SMILES string of the molecule is Cc1ccc2c3c(ccc2c1)CCC(CN)O3. The van der Waals surface area contributed by atoms with Gasteiger partial charge < -0.3 is 10.5 Å². The van der Waals surface area contributed by atoms with Crippen molar-refractivity contribution in [3.63, 3.8) is 0 Å². The molecule has 0 spiro atoms. The highest BCUT2D eigenvalue weighted by molar-refractivity contribution is 5.90. The Hall–Kier alpha value is -1.54. The van der Waals surface area contributed by atoms with Crippen LogP contribution in [0.1, 0.15) is 17.5 Å². The van der Waals surface area contributed by atoms with Crippen molar-refractivity contribution in [2.75, 3.05) is 6.54 Å². The molecule has 2 nitrogen and oxygen atoms in total. The van der Waals surface area contributed by atoms with Crippen molar-refractivity contribution in [3.05, 3.63) is 41.5 Å². The predicted octanol–water partition coefficient (Wildman–Crippen LogP) is 2.80. The average Bonchev–Trinajstić information content (AvgIpc) is 2.37. The molecule has 0 fully saturated rings. The third-order valence-electron chi connectivity index (χ3n) is 3.49. The molecular weight excluding hydrogens is 210 g/mol. The minimum absolute atomic E-state index is 0.175. The highest BCUT2D eigenvalue weighted by Crippen LogP contribution is 2.35. The molecule has 2 aromatic rings. The molecule has 0 amide bonds. The second-order valence-electron chi connectivity index (χ2n) is 4.79. The number of ether oxygens (including phenoxy) is 1. The fourth-order valence-electron chi connectivity index (χ4n) is 2.51. The Morgan fingerprint density at radius 1 is 1.29 bits per heavy atom. The lowest BCUT2D eigenvalue weighted by Crippen LogP contribution is -2.30. The number of hydrogen-bond acceptors (Lipinski definition) is 2. The summed E-state index contributed by atoms with van der Waals surface area (Å²) in [5.74, 6) is 1.05. The first kappa shape index (κ1) is 10.6. The molecule has 88 valence electrons. The van der Waals surface area contributed by atoms with E-state index in [9.17, 15) is 0 Å². The Bertz CT molecular complexity index is 562. The summed E-state index contributed by atoms with van der Waals surface area (Å²) in [4.78, 5) is 0. The van der Waals surface area contributed by atoms with E-state index in [4.69, 9.17) is 10.5 Å². The van der Waals surface area contributed by atoms with Crippen LogP contribution in [-0.2, 0) is 6.42 Å². The topological polar surface area (TPSA) is 35.2 Å². The fourth-order valence-corrected chi connectivity index (χ4v) is 2.51. The van der Waals surface area contributed by atoms with E-state index in [2.05, 4.69) is 37.3 Å². The summed E-state index contributed by atoms with van der Waals surface area (Å²) >= 11 is 0. The van der Waals surface area contributed by atoms with Crippen molar-refractivity contribution in [2.45, 2.75) is 25.9 Å². The van der Waals surface area contributed by atoms with Crippen molar-refractivity contribution in [2.24, 2.45) is 5.73 Å². The van der Waals surface area contributed by atoms with Crippen LogP contribution in [0.15, 0.2) is 30.3 Å². The van der Waals surface area contributed by atoms with Crippen LogP contribution in [-0.4, -0.2) is 12.6 Å². The average molecular weight is 227 g/mol. The van der Waals surface area contributed by atoms with Crippen LogP contribution in [0.4, 0.5) is 0 Å². The molecule has 0 saturated carbocycles. The highest BCUT2D eigenvalue weighted by atomic mass is 16.5. The molecule has 3 rings (SSSR count). The van der Waals surface area contributed by atoms with Gasteiger partial charge in [0.1, 0.15) is 11.9 Å². The lowest BCUT2D eigenvalue weighted by molar-refractivity contribution is 0.184. The van der Waals surface area contributed by atoms with Gasteiger partial charge in [-0.15, -0.1) is 0 Å². The van der Waals surface area contributed by atoms with Crippen LogP contribution in [0.5, 0.6) is 5.75 Å². The number of hydrogen-bond donors (Lipinski definition) is 1. The Labute approximate surface area is 101 Å². The third-order valence-corrected chi connectivity index (χ3v) is 3.49. The first-order valence-electron chi connectivity index (χ1n) is 6.17. The minimum Gasteiger partial charge on any atom is -0.488 e. The van der Waals surface area contributed by atoms with E-state index >= 15 is 0 Å². The largest absolute Gasteiger partial charge is 0.488 e. The van der Waals surface area contributed by atoms with Crippen LogP contribution in [0.25, 0.3) is 10.8 Å². The molecular formula is C15H17NO. The lowest BCUT2D eigenvalue weighted by atomic mass is 9.97. The maximum absolute atomic E-state index is 6.01. The second-order valence-corrected chi connectivity index (χ2v) is 4.79. The number of rotatable bonds is 1. The molecule has 0 aliphatic carbocycles. The van der Waals surface area contributed by atoms with Crippen LogP contribution < -0.4 is 10.5 Å². The molecule has 0 radical (unpaired) electrons. The molecule has 2 heteroatoms. The molecule has 0 saturated heterocycles. The smallest absolute Gasteiger partial charge is 0.130 e. The van der Waals surface area contributed by atoms with E-state index in [1.54, 1.807) is 0 Å². The molecule has 1 unspecified atom stereocenters. The number of aryl methyl sites for hydroxylation is 2. The number of benzene rings is 2. The molecule has 1 aliphatic heterocycles. The van der Waals surface area contributed by atoms with E-state index < -0.39 is 0 Å². The van der Waals surface area contributed by atoms with Gasteiger partial charge in [-0.05, 0) is 30.7 Å². The Morgan fingerprint density at radius 3 is 3.00 bits per heavy atom. The first-order valence-corrected chi connectivity index (χ1v) is 6.17. The maximum Gasteiger partial charge on any atom is 0.130 e. The molecule has 1 atom stereocenters. The van der Waals surface area contributed by atoms with Gasteiger partial charge in [-0.1, -0.05) is 35.9 Å². The zero-order valence-corrected chi connectivity index (χ0v) is 10.1. The molecule has 0 aromatic heterocycles. The van der Waals surface area contributed by atoms with Gasteiger partial charge in [-0.2, -0.15) is 0 Å². The van der Waals surface area contributed by atoms with Crippen molar-refractivity contribution in [1.29, 1.82) is 0 Å². The minimum atomic E-state index is 0.175. The van der Waals surface area contributed by atoms with Gasteiger partial charge in [0.05, 0.1) is 0 Å². The molecule has 17 heavy (non-hydrogen) atoms. The van der Waals surface area contributed by atoms with Crippen molar-refractivity contribution >= 4 is 10.8 Å². The maximum atomic E-state index is 6.01. The van der Waals surface area contributed by atoms with Gasteiger partial charge in [0.15, 0.2) is 0 Å². The van der Waals surface area contributed by atoms with Gasteiger partial charge in [-0.25, -0.2) is 0 Å². The fraction of sp³-hybridized carbons (Fsp3) is 0.333. The Kier molecular flexibility index (Phi) is 2.52. The van der Waals surface area contributed by atoms with E-state index in [1.165, 1.54) is 21.9 Å². The van der Waals surface area contributed by atoms with Crippen LogP contribution in [0.3, 0.4) is 0 Å². The van der Waals surface area contributed by atoms with Gasteiger partial charge in [0, 0.05) is 11.9 Å². The Balaban J connectivity index is 2.17. The van der Waals surface area contributed by atoms with Gasteiger partial charge in [0.25, 0.3) is 0 Å². The van der Waals surface area contributed by atoms with E-state index in [-0.39, 0.29) is 6.10 Å². The zero-order chi connectivity index (χ0) is 11.8.